The Hall–Kier alpha value is -1.73. The molecule has 0 aliphatic heterocycles. The third-order valence-electron chi connectivity index (χ3n) is 3.90. The number of aromatic nitrogens is 2. The fourth-order valence-electron chi connectivity index (χ4n) is 2.68. The van der Waals surface area contributed by atoms with Gasteiger partial charge in [-0.1, -0.05) is 30.3 Å². The van der Waals surface area contributed by atoms with Gasteiger partial charge in [-0.05, 0) is 17.2 Å². The molecule has 1 aromatic carbocycles. The first-order valence-corrected chi connectivity index (χ1v) is 9.23. The van der Waals surface area contributed by atoms with Crippen molar-refractivity contribution in [2.75, 3.05) is 45.4 Å². The molecule has 0 radical (unpaired) electrons. The number of thiophene rings is 1. The highest BCUT2D eigenvalue weighted by Crippen LogP contribution is 2.38. The van der Waals surface area contributed by atoms with Gasteiger partial charge in [-0.15, -0.1) is 11.3 Å². The molecule has 0 spiro atoms. The van der Waals surface area contributed by atoms with Gasteiger partial charge in [-0.2, -0.15) is 4.98 Å². The molecule has 0 fully saturated rings. The van der Waals surface area contributed by atoms with E-state index in [1.54, 1.807) is 25.6 Å². The van der Waals surface area contributed by atoms with Gasteiger partial charge in [-0.25, -0.2) is 4.98 Å². The number of hydrogen-bond donors (Lipinski definition) is 0. The van der Waals surface area contributed by atoms with Crippen LogP contribution in [-0.4, -0.2) is 50.5 Å². The molecule has 0 saturated carbocycles. The van der Waals surface area contributed by atoms with Gasteiger partial charge in [0.15, 0.2) is 0 Å². The van der Waals surface area contributed by atoms with E-state index in [0.29, 0.717) is 26.3 Å². The van der Waals surface area contributed by atoms with Gasteiger partial charge in [0.1, 0.15) is 10.6 Å². The molecule has 0 N–H and O–H groups in total. The number of hydrogen-bond acceptors (Lipinski definition) is 6. The number of methoxy groups -OCH3 is 2. The summed E-state index contributed by atoms with van der Waals surface area (Å²) in [6.45, 7) is 2.59. The number of ether oxygens (including phenoxy) is 2. The molecule has 0 aliphatic rings. The first kappa shape index (κ1) is 18.1. The molecule has 3 rings (SSSR count). The summed E-state index contributed by atoms with van der Waals surface area (Å²) in [4.78, 5) is 12.0. The highest BCUT2D eigenvalue weighted by Gasteiger charge is 2.19. The van der Waals surface area contributed by atoms with Crippen LogP contribution in [0.25, 0.3) is 21.3 Å². The highest BCUT2D eigenvalue weighted by molar-refractivity contribution is 7.17. The van der Waals surface area contributed by atoms with Crippen LogP contribution in [0.15, 0.2) is 35.7 Å². The summed E-state index contributed by atoms with van der Waals surface area (Å²) in [6.07, 6.45) is 0. The van der Waals surface area contributed by atoms with E-state index in [0.717, 1.165) is 27.2 Å². The molecule has 0 aliphatic carbocycles. The minimum absolute atomic E-state index is 0.254. The van der Waals surface area contributed by atoms with E-state index in [1.165, 1.54) is 0 Å². The van der Waals surface area contributed by atoms with Crippen LogP contribution in [0.5, 0.6) is 0 Å². The molecule has 0 amide bonds. The van der Waals surface area contributed by atoms with Crippen molar-refractivity contribution >= 4 is 39.0 Å². The van der Waals surface area contributed by atoms with Crippen molar-refractivity contribution in [3.63, 3.8) is 0 Å². The molecule has 0 atom stereocenters. The molecule has 2 heterocycles. The third kappa shape index (κ3) is 4.10. The van der Waals surface area contributed by atoms with Crippen LogP contribution >= 0.6 is 22.9 Å². The second-order valence-corrected chi connectivity index (χ2v) is 6.68. The van der Waals surface area contributed by atoms with Crippen LogP contribution in [0, 0.1) is 0 Å². The Balaban J connectivity index is 2.12. The lowest BCUT2D eigenvalue weighted by atomic mass is 10.1. The quantitative estimate of drug-likeness (QED) is 0.553. The van der Waals surface area contributed by atoms with Gasteiger partial charge in [0, 0.05) is 38.3 Å². The monoisotopic (exact) mass is 377 g/mol. The van der Waals surface area contributed by atoms with Crippen LogP contribution in [-0.2, 0) is 9.47 Å². The molecular formula is C18H20ClN3O2S. The maximum Gasteiger partial charge on any atom is 0.225 e. The molecule has 5 nitrogen and oxygen atoms in total. The lowest BCUT2D eigenvalue weighted by Crippen LogP contribution is -2.31. The average Bonchev–Trinajstić information content (AvgIpc) is 3.06. The largest absolute Gasteiger partial charge is 0.383 e. The average molecular weight is 378 g/mol. The predicted octanol–water partition coefficient (Wildman–Crippen LogP) is 4.11. The summed E-state index contributed by atoms with van der Waals surface area (Å²) in [7, 11) is 3.38. The Morgan fingerprint density at radius 3 is 2.36 bits per heavy atom. The van der Waals surface area contributed by atoms with E-state index >= 15 is 0 Å². The summed E-state index contributed by atoms with van der Waals surface area (Å²) in [6, 6.07) is 10.3. The highest BCUT2D eigenvalue weighted by atomic mass is 35.5. The van der Waals surface area contributed by atoms with E-state index in [2.05, 4.69) is 32.4 Å². The standard InChI is InChI=1S/C18H20ClN3O2S/c1-23-10-8-22(9-11-24-2)16-15-14(13-6-4-3-5-7-13)12-25-17(15)21-18(19)20-16/h3-7,12H,8-11H2,1-2H3. The molecule has 2 aromatic heterocycles. The van der Waals surface area contributed by atoms with Gasteiger partial charge < -0.3 is 14.4 Å². The van der Waals surface area contributed by atoms with Crippen LogP contribution in [0.1, 0.15) is 0 Å². The molecule has 0 saturated heterocycles. The second kappa shape index (κ2) is 8.58. The number of nitrogens with zero attached hydrogens (tertiary/aromatic N) is 3. The maximum absolute atomic E-state index is 6.19. The Kier molecular flexibility index (Phi) is 6.20. The first-order valence-electron chi connectivity index (χ1n) is 7.97. The Labute approximate surface area is 156 Å². The van der Waals surface area contributed by atoms with Gasteiger partial charge in [-0.3, -0.25) is 0 Å². The summed E-state index contributed by atoms with van der Waals surface area (Å²) in [5.41, 5.74) is 2.26. The van der Waals surface area contributed by atoms with Crippen molar-refractivity contribution in [3.8, 4) is 11.1 Å². The van der Waals surface area contributed by atoms with Crippen molar-refractivity contribution < 1.29 is 9.47 Å². The van der Waals surface area contributed by atoms with Crippen molar-refractivity contribution in [3.05, 3.63) is 41.0 Å². The molecule has 0 bridgehead atoms. The Bertz CT molecular complexity index is 818. The van der Waals surface area contributed by atoms with E-state index in [9.17, 15) is 0 Å². The zero-order valence-electron chi connectivity index (χ0n) is 14.2. The summed E-state index contributed by atoms with van der Waals surface area (Å²) < 4.78 is 10.5. The SMILES string of the molecule is COCCN(CCOC)c1nc(Cl)nc2scc(-c3ccccc3)c12. The molecule has 7 heteroatoms. The zero-order chi connectivity index (χ0) is 17.6. The van der Waals surface area contributed by atoms with E-state index < -0.39 is 0 Å². The van der Waals surface area contributed by atoms with Crippen LogP contribution in [0.4, 0.5) is 5.82 Å². The number of halogens is 1. The molecule has 25 heavy (non-hydrogen) atoms. The lowest BCUT2D eigenvalue weighted by molar-refractivity contribution is 0.190. The minimum atomic E-state index is 0.254. The van der Waals surface area contributed by atoms with E-state index in [4.69, 9.17) is 21.1 Å². The second-order valence-electron chi connectivity index (χ2n) is 5.48. The van der Waals surface area contributed by atoms with Crippen LogP contribution in [0.2, 0.25) is 5.28 Å². The van der Waals surface area contributed by atoms with Crippen LogP contribution in [0.3, 0.4) is 0 Å². The summed E-state index contributed by atoms with van der Waals surface area (Å²) in [5, 5.41) is 3.39. The smallest absolute Gasteiger partial charge is 0.225 e. The van der Waals surface area contributed by atoms with Crippen LogP contribution < -0.4 is 4.90 Å². The lowest BCUT2D eigenvalue weighted by Gasteiger charge is -2.24. The van der Waals surface area contributed by atoms with Crippen molar-refractivity contribution in [1.82, 2.24) is 9.97 Å². The minimum Gasteiger partial charge on any atom is -0.383 e. The van der Waals surface area contributed by atoms with Gasteiger partial charge in [0.2, 0.25) is 5.28 Å². The van der Waals surface area contributed by atoms with Crippen molar-refractivity contribution in [1.29, 1.82) is 0 Å². The summed E-state index contributed by atoms with van der Waals surface area (Å²) in [5.74, 6) is 0.823. The van der Waals surface area contributed by atoms with Gasteiger partial charge in [0.25, 0.3) is 0 Å². The number of benzene rings is 1. The molecular weight excluding hydrogens is 358 g/mol. The normalized spacial score (nSPS) is 11.2. The fraction of sp³-hybridized carbons (Fsp3) is 0.333. The Morgan fingerprint density at radius 1 is 1.04 bits per heavy atom. The Morgan fingerprint density at radius 2 is 1.72 bits per heavy atom. The molecule has 0 unspecified atom stereocenters. The third-order valence-corrected chi connectivity index (χ3v) is 4.94. The topological polar surface area (TPSA) is 47.5 Å². The van der Waals surface area contributed by atoms with Crippen molar-refractivity contribution in [2.45, 2.75) is 0 Å². The molecule has 3 aromatic rings. The van der Waals surface area contributed by atoms with Gasteiger partial charge >= 0.3 is 0 Å². The zero-order valence-corrected chi connectivity index (χ0v) is 15.8. The number of rotatable bonds is 8. The van der Waals surface area contributed by atoms with E-state index in [1.807, 2.05) is 18.2 Å². The first-order chi connectivity index (χ1) is 12.2. The van der Waals surface area contributed by atoms with E-state index in [-0.39, 0.29) is 5.28 Å². The number of anilines is 1. The summed E-state index contributed by atoms with van der Waals surface area (Å²) >= 11 is 7.76. The molecule has 132 valence electrons. The van der Waals surface area contributed by atoms with Gasteiger partial charge in [0.05, 0.1) is 18.6 Å². The van der Waals surface area contributed by atoms with Crippen molar-refractivity contribution in [2.24, 2.45) is 0 Å². The predicted molar refractivity (Wildman–Crippen MR) is 104 cm³/mol. The number of fused-ring (bicyclic) bond motifs is 1. The fourth-order valence-corrected chi connectivity index (χ4v) is 3.84. The maximum atomic E-state index is 6.19.